The van der Waals surface area contributed by atoms with Crippen molar-refractivity contribution in [3.8, 4) is 0 Å². The molecule has 13 heavy (non-hydrogen) atoms. The third kappa shape index (κ3) is 2.85. The summed E-state index contributed by atoms with van der Waals surface area (Å²) in [7, 11) is 0. The maximum Gasteiger partial charge on any atom is 0.145 e. The summed E-state index contributed by atoms with van der Waals surface area (Å²) in [5.74, 6) is 0.803. The van der Waals surface area contributed by atoms with E-state index in [4.69, 9.17) is 15.9 Å². The van der Waals surface area contributed by atoms with Crippen molar-refractivity contribution in [1.82, 2.24) is 9.97 Å². The van der Waals surface area contributed by atoms with Gasteiger partial charge in [-0.05, 0) is 0 Å². The molecule has 0 fully saturated rings. The van der Waals surface area contributed by atoms with Crippen molar-refractivity contribution in [2.45, 2.75) is 6.04 Å². The van der Waals surface area contributed by atoms with Crippen LogP contribution in [-0.2, 0) is 0 Å². The van der Waals surface area contributed by atoms with E-state index < -0.39 is 6.04 Å². The largest absolute Gasteiger partial charge is 0.394 e. The zero-order valence-corrected chi connectivity index (χ0v) is 7.01. The van der Waals surface area contributed by atoms with Gasteiger partial charge in [-0.2, -0.15) is 0 Å². The number of aliphatic hydroxyl groups is 2. The van der Waals surface area contributed by atoms with E-state index in [1.54, 1.807) is 0 Å². The Labute approximate surface area is 75.4 Å². The van der Waals surface area contributed by atoms with Gasteiger partial charge in [-0.15, -0.1) is 0 Å². The van der Waals surface area contributed by atoms with Gasteiger partial charge >= 0.3 is 0 Å². The Morgan fingerprint density at radius 1 is 1.31 bits per heavy atom. The Morgan fingerprint density at radius 2 is 2.00 bits per heavy atom. The molecule has 0 bridgehead atoms. The number of rotatable bonds is 4. The number of anilines is 2. The molecule has 0 aliphatic heterocycles. The molecule has 0 unspecified atom stereocenters. The second-order valence-electron chi connectivity index (χ2n) is 2.53. The average Bonchev–Trinajstić information content (AvgIpc) is 2.17. The number of nitrogens with two attached hydrogens (primary N) is 1. The molecule has 6 nitrogen and oxygen atoms in total. The second kappa shape index (κ2) is 4.58. The Bertz CT molecular complexity index is 247. The molecule has 72 valence electrons. The van der Waals surface area contributed by atoms with E-state index in [9.17, 15) is 0 Å². The molecule has 0 saturated carbocycles. The first-order valence-corrected chi connectivity index (χ1v) is 3.82. The molecule has 5 N–H and O–H groups in total. The van der Waals surface area contributed by atoms with Gasteiger partial charge in [-0.25, -0.2) is 9.97 Å². The maximum atomic E-state index is 8.75. The smallest absolute Gasteiger partial charge is 0.145 e. The Balaban J connectivity index is 2.58. The summed E-state index contributed by atoms with van der Waals surface area (Å²) in [4.78, 5) is 7.68. The van der Waals surface area contributed by atoms with Crippen LogP contribution in [0.1, 0.15) is 0 Å². The predicted molar refractivity (Wildman–Crippen MR) is 48.0 cm³/mol. The van der Waals surface area contributed by atoms with Crippen LogP contribution in [0.5, 0.6) is 0 Å². The zero-order valence-electron chi connectivity index (χ0n) is 7.01. The molecule has 0 aromatic carbocycles. The fourth-order valence-corrected chi connectivity index (χ4v) is 0.771. The van der Waals surface area contributed by atoms with Crippen LogP contribution in [0.15, 0.2) is 12.4 Å². The third-order valence-electron chi connectivity index (χ3n) is 1.46. The van der Waals surface area contributed by atoms with Crippen LogP contribution >= 0.6 is 0 Å². The van der Waals surface area contributed by atoms with E-state index in [1.165, 1.54) is 12.4 Å². The maximum absolute atomic E-state index is 8.75. The number of nitrogens with zero attached hydrogens (tertiary/aromatic N) is 2. The zero-order chi connectivity index (χ0) is 9.68. The van der Waals surface area contributed by atoms with Crippen molar-refractivity contribution in [2.75, 3.05) is 24.3 Å². The molecule has 0 amide bonds. The first-order valence-electron chi connectivity index (χ1n) is 3.82. The van der Waals surface area contributed by atoms with E-state index in [-0.39, 0.29) is 13.2 Å². The van der Waals surface area contributed by atoms with Crippen molar-refractivity contribution in [3.05, 3.63) is 12.4 Å². The van der Waals surface area contributed by atoms with Crippen LogP contribution in [0.25, 0.3) is 0 Å². The molecular weight excluding hydrogens is 172 g/mol. The molecule has 1 heterocycles. The van der Waals surface area contributed by atoms with Crippen molar-refractivity contribution < 1.29 is 10.2 Å². The highest BCUT2D eigenvalue weighted by molar-refractivity contribution is 5.36. The summed E-state index contributed by atoms with van der Waals surface area (Å²) in [5, 5.41) is 20.3. The third-order valence-corrected chi connectivity index (χ3v) is 1.46. The van der Waals surface area contributed by atoms with Crippen LogP contribution in [0.4, 0.5) is 11.6 Å². The second-order valence-corrected chi connectivity index (χ2v) is 2.53. The molecule has 0 atom stereocenters. The minimum absolute atomic E-state index is 0.164. The average molecular weight is 184 g/mol. The molecule has 0 aliphatic rings. The van der Waals surface area contributed by atoms with Gasteiger partial charge in [0.25, 0.3) is 0 Å². The highest BCUT2D eigenvalue weighted by Crippen LogP contribution is 2.03. The van der Waals surface area contributed by atoms with Gasteiger partial charge in [-0.3, -0.25) is 0 Å². The van der Waals surface area contributed by atoms with Crippen LogP contribution in [0.2, 0.25) is 0 Å². The summed E-state index contributed by atoms with van der Waals surface area (Å²) in [6, 6.07) is -0.419. The van der Waals surface area contributed by atoms with Crippen molar-refractivity contribution in [2.24, 2.45) is 0 Å². The van der Waals surface area contributed by atoms with E-state index in [2.05, 4.69) is 15.3 Å². The Morgan fingerprint density at radius 3 is 2.46 bits per heavy atom. The molecule has 0 spiro atoms. The number of hydrogen-bond donors (Lipinski definition) is 4. The molecule has 0 radical (unpaired) electrons. The van der Waals surface area contributed by atoms with Gasteiger partial charge in [-0.1, -0.05) is 0 Å². The summed E-state index contributed by atoms with van der Waals surface area (Å²) >= 11 is 0. The standard InChI is InChI=1S/C7H12N4O2/c8-6-1-10-7(2-9-6)11-5(3-12)4-13/h1-2,5,12-13H,3-4H2,(H2,8,9)(H,10,11). The van der Waals surface area contributed by atoms with Gasteiger partial charge in [0.05, 0.1) is 31.6 Å². The number of hydrogen-bond acceptors (Lipinski definition) is 6. The SMILES string of the molecule is Nc1cnc(NC(CO)CO)cn1. The van der Waals surface area contributed by atoms with Crippen LogP contribution in [0, 0.1) is 0 Å². The van der Waals surface area contributed by atoms with Crippen molar-refractivity contribution in [3.63, 3.8) is 0 Å². The van der Waals surface area contributed by atoms with Gasteiger partial charge < -0.3 is 21.3 Å². The molecule has 0 saturated heterocycles. The summed E-state index contributed by atoms with van der Waals surface area (Å²) in [6.07, 6.45) is 2.84. The highest BCUT2D eigenvalue weighted by atomic mass is 16.3. The van der Waals surface area contributed by atoms with Gasteiger partial charge in [0.2, 0.25) is 0 Å². The summed E-state index contributed by atoms with van der Waals surface area (Å²) in [5.41, 5.74) is 5.32. The number of nitrogen functional groups attached to an aromatic ring is 1. The van der Waals surface area contributed by atoms with Gasteiger partial charge in [0.15, 0.2) is 0 Å². The van der Waals surface area contributed by atoms with Gasteiger partial charge in [0, 0.05) is 0 Å². The normalized spacial score (nSPS) is 10.4. The van der Waals surface area contributed by atoms with Crippen LogP contribution in [0.3, 0.4) is 0 Å². The summed E-state index contributed by atoms with van der Waals surface area (Å²) < 4.78 is 0. The molecular formula is C7H12N4O2. The minimum atomic E-state index is -0.419. The number of aromatic nitrogens is 2. The van der Waals surface area contributed by atoms with E-state index in [0.29, 0.717) is 11.6 Å². The van der Waals surface area contributed by atoms with Gasteiger partial charge in [0.1, 0.15) is 11.6 Å². The highest BCUT2D eigenvalue weighted by Gasteiger charge is 2.05. The molecule has 1 rings (SSSR count). The van der Waals surface area contributed by atoms with Crippen molar-refractivity contribution in [1.29, 1.82) is 0 Å². The molecule has 1 aromatic rings. The fraction of sp³-hybridized carbons (Fsp3) is 0.429. The lowest BCUT2D eigenvalue weighted by atomic mass is 10.3. The van der Waals surface area contributed by atoms with Crippen LogP contribution < -0.4 is 11.1 Å². The minimum Gasteiger partial charge on any atom is -0.394 e. The lowest BCUT2D eigenvalue weighted by molar-refractivity contribution is 0.203. The predicted octanol–water partition coefficient (Wildman–Crippen LogP) is -1.18. The topological polar surface area (TPSA) is 104 Å². The quantitative estimate of drug-likeness (QED) is 0.469. The first kappa shape index (κ1) is 9.69. The molecule has 1 aromatic heterocycles. The van der Waals surface area contributed by atoms with E-state index in [1.807, 2.05) is 0 Å². The molecule has 6 heteroatoms. The van der Waals surface area contributed by atoms with E-state index >= 15 is 0 Å². The first-order chi connectivity index (χ1) is 6.26. The number of aliphatic hydroxyl groups excluding tert-OH is 2. The van der Waals surface area contributed by atoms with E-state index in [0.717, 1.165) is 0 Å². The summed E-state index contributed by atoms with van der Waals surface area (Å²) in [6.45, 7) is -0.328. The lowest BCUT2D eigenvalue weighted by Crippen LogP contribution is -2.28. The van der Waals surface area contributed by atoms with Crippen LogP contribution in [-0.4, -0.2) is 39.4 Å². The molecule has 0 aliphatic carbocycles. The lowest BCUT2D eigenvalue weighted by Gasteiger charge is -2.12. The van der Waals surface area contributed by atoms with Crippen molar-refractivity contribution >= 4 is 11.6 Å². The fourth-order valence-electron chi connectivity index (χ4n) is 0.771. The monoisotopic (exact) mass is 184 g/mol. The Hall–Kier alpha value is -1.40. The number of nitrogens with one attached hydrogen (secondary N) is 1. The Kier molecular flexibility index (Phi) is 3.41.